The number of hydrogen-bond acceptors (Lipinski definition) is 6. The van der Waals surface area contributed by atoms with E-state index in [1.165, 1.54) is 29.0 Å². The Hall–Kier alpha value is -1.83. The molecule has 0 bridgehead atoms. The van der Waals surface area contributed by atoms with Crippen molar-refractivity contribution in [3.8, 4) is 5.75 Å². The molecule has 1 saturated carbocycles. The highest BCUT2D eigenvalue weighted by Gasteiger charge is 2.38. The van der Waals surface area contributed by atoms with Gasteiger partial charge in [0.1, 0.15) is 5.75 Å². The third kappa shape index (κ3) is 5.90. The van der Waals surface area contributed by atoms with Gasteiger partial charge in [-0.2, -0.15) is 0 Å². The molecule has 0 spiro atoms. The van der Waals surface area contributed by atoms with Crippen LogP contribution in [0.5, 0.6) is 5.75 Å². The highest BCUT2D eigenvalue weighted by atomic mass is 35.5. The van der Waals surface area contributed by atoms with Gasteiger partial charge < -0.3 is 9.64 Å². The normalized spacial score (nSPS) is 23.8. The Morgan fingerprint density at radius 2 is 1.81 bits per heavy atom. The number of carbonyl (C=O) groups excluding carboxylic acids is 2. The minimum Gasteiger partial charge on any atom is -0.495 e. The van der Waals surface area contributed by atoms with E-state index >= 15 is 0 Å². The van der Waals surface area contributed by atoms with Crippen LogP contribution in [-0.4, -0.2) is 74.2 Å². The van der Waals surface area contributed by atoms with Crippen LogP contribution in [-0.2, 0) is 9.59 Å². The molecule has 4 rings (SSSR count). The number of carbonyl (C=O) groups is 2. The number of hydrogen-bond donors (Lipinski definition) is 1. The maximum Gasteiger partial charge on any atom is 0.230 e. The van der Waals surface area contributed by atoms with Crippen LogP contribution >= 0.6 is 12.4 Å². The van der Waals surface area contributed by atoms with Gasteiger partial charge in [-0.05, 0) is 56.3 Å². The van der Waals surface area contributed by atoms with Crippen molar-refractivity contribution in [1.29, 1.82) is 0 Å². The van der Waals surface area contributed by atoms with Crippen LogP contribution in [0, 0.1) is 12.8 Å². The molecule has 0 aromatic heterocycles. The van der Waals surface area contributed by atoms with Crippen LogP contribution in [0.3, 0.4) is 0 Å². The fourth-order valence-electron chi connectivity index (χ4n) is 4.66. The first-order valence-electron chi connectivity index (χ1n) is 11.2. The summed E-state index contributed by atoms with van der Waals surface area (Å²) in [6, 6.07) is 6.85. The monoisotopic (exact) mass is 450 g/mol. The lowest BCUT2D eigenvalue weighted by atomic mass is 10.1. The molecular weight excluding hydrogens is 416 g/mol. The molecule has 2 saturated heterocycles. The fourth-order valence-corrected chi connectivity index (χ4v) is 4.66. The van der Waals surface area contributed by atoms with Crippen LogP contribution in [0.2, 0.25) is 0 Å². The number of halogens is 1. The number of imide groups is 1. The Morgan fingerprint density at radius 3 is 2.48 bits per heavy atom. The minimum absolute atomic E-state index is 0. The lowest BCUT2D eigenvalue weighted by Crippen LogP contribution is -2.46. The zero-order chi connectivity index (χ0) is 21.1. The molecule has 1 N–H and O–H groups in total. The number of rotatable bonds is 9. The van der Waals surface area contributed by atoms with E-state index in [1.807, 2.05) is 0 Å². The highest BCUT2D eigenvalue weighted by molar-refractivity contribution is 6.01. The number of nitrogens with zero attached hydrogens (tertiary/aromatic N) is 3. The fraction of sp³-hybridized carbons (Fsp3) is 0.652. The maximum absolute atomic E-state index is 11.7. The van der Waals surface area contributed by atoms with E-state index in [2.05, 4.69) is 40.2 Å². The van der Waals surface area contributed by atoms with Crippen LogP contribution in [0.15, 0.2) is 18.2 Å². The number of methoxy groups -OCH3 is 1. The van der Waals surface area contributed by atoms with E-state index < -0.39 is 0 Å². The van der Waals surface area contributed by atoms with Crippen molar-refractivity contribution in [2.75, 3.05) is 51.4 Å². The van der Waals surface area contributed by atoms with E-state index in [0.29, 0.717) is 31.5 Å². The van der Waals surface area contributed by atoms with Crippen LogP contribution in [0.4, 0.5) is 5.69 Å². The van der Waals surface area contributed by atoms with Gasteiger partial charge in [0.2, 0.25) is 11.8 Å². The number of aryl methyl sites for hydroxylation is 1. The second kappa shape index (κ2) is 10.7. The molecule has 2 atom stereocenters. The first-order valence-corrected chi connectivity index (χ1v) is 11.2. The molecule has 172 valence electrons. The van der Waals surface area contributed by atoms with Crippen molar-refractivity contribution in [2.45, 2.75) is 45.1 Å². The van der Waals surface area contributed by atoms with Crippen molar-refractivity contribution in [3.63, 3.8) is 0 Å². The number of nitrogens with one attached hydrogen (secondary N) is 1. The molecule has 3 aliphatic rings. The average molecular weight is 451 g/mol. The van der Waals surface area contributed by atoms with E-state index in [9.17, 15) is 9.59 Å². The van der Waals surface area contributed by atoms with Gasteiger partial charge in [0, 0.05) is 45.1 Å². The van der Waals surface area contributed by atoms with Gasteiger partial charge in [-0.1, -0.05) is 6.07 Å². The summed E-state index contributed by atoms with van der Waals surface area (Å²) in [5.41, 5.74) is 2.47. The summed E-state index contributed by atoms with van der Waals surface area (Å²) in [7, 11) is 1.74. The summed E-state index contributed by atoms with van der Waals surface area (Å²) in [5.74, 6) is 1.58. The summed E-state index contributed by atoms with van der Waals surface area (Å²) in [6.45, 7) is 7.90. The van der Waals surface area contributed by atoms with Gasteiger partial charge in [0.05, 0.1) is 19.5 Å². The molecule has 31 heavy (non-hydrogen) atoms. The summed E-state index contributed by atoms with van der Waals surface area (Å²) in [5, 5.41) is 3.39. The van der Waals surface area contributed by atoms with Crippen LogP contribution in [0.25, 0.3) is 0 Å². The smallest absolute Gasteiger partial charge is 0.230 e. The van der Waals surface area contributed by atoms with E-state index in [1.54, 1.807) is 7.11 Å². The molecule has 1 aromatic rings. The Bertz CT molecular complexity index is 766. The SMILES string of the molecule is COc1ccc(C)cc1N1CCN(CCCC2CC2NCN2C(=O)CCC2=O)CC1.Cl. The predicted molar refractivity (Wildman–Crippen MR) is 124 cm³/mol. The third-order valence-electron chi connectivity index (χ3n) is 6.69. The van der Waals surface area contributed by atoms with E-state index in [4.69, 9.17) is 4.74 Å². The molecule has 0 radical (unpaired) electrons. The van der Waals surface area contributed by atoms with Gasteiger partial charge >= 0.3 is 0 Å². The topological polar surface area (TPSA) is 65.1 Å². The molecule has 3 fully saturated rings. The highest BCUT2D eigenvalue weighted by Crippen LogP contribution is 2.35. The van der Waals surface area contributed by atoms with Crippen molar-refractivity contribution >= 4 is 29.9 Å². The summed E-state index contributed by atoms with van der Waals surface area (Å²) >= 11 is 0. The molecule has 2 heterocycles. The van der Waals surface area contributed by atoms with Crippen LogP contribution < -0.4 is 15.0 Å². The lowest BCUT2D eigenvalue weighted by Gasteiger charge is -2.36. The van der Waals surface area contributed by atoms with Crippen molar-refractivity contribution in [2.24, 2.45) is 5.92 Å². The van der Waals surface area contributed by atoms with Crippen LogP contribution in [0.1, 0.15) is 37.7 Å². The minimum atomic E-state index is -0.0351. The van der Waals surface area contributed by atoms with E-state index in [0.717, 1.165) is 44.9 Å². The quantitative estimate of drug-likeness (QED) is 0.583. The van der Waals surface area contributed by atoms with Crippen molar-refractivity contribution in [3.05, 3.63) is 23.8 Å². The summed E-state index contributed by atoms with van der Waals surface area (Å²) in [4.78, 5) is 29.7. The number of amides is 2. The largest absolute Gasteiger partial charge is 0.495 e. The summed E-state index contributed by atoms with van der Waals surface area (Å²) in [6.07, 6.45) is 4.33. The molecule has 1 aromatic carbocycles. The van der Waals surface area contributed by atoms with Gasteiger partial charge in [0.25, 0.3) is 0 Å². The van der Waals surface area contributed by atoms with Crippen molar-refractivity contribution in [1.82, 2.24) is 15.1 Å². The summed E-state index contributed by atoms with van der Waals surface area (Å²) < 4.78 is 5.55. The molecule has 8 heteroatoms. The molecule has 2 amide bonds. The first-order chi connectivity index (χ1) is 14.5. The average Bonchev–Trinajstić information content (AvgIpc) is 3.42. The second-order valence-electron chi connectivity index (χ2n) is 8.83. The Kier molecular flexibility index (Phi) is 8.19. The Morgan fingerprint density at radius 1 is 1.10 bits per heavy atom. The zero-order valence-electron chi connectivity index (χ0n) is 18.6. The van der Waals surface area contributed by atoms with Gasteiger partial charge in [-0.3, -0.25) is 24.7 Å². The third-order valence-corrected chi connectivity index (χ3v) is 6.69. The molecular formula is C23H35ClN4O3. The van der Waals surface area contributed by atoms with E-state index in [-0.39, 0.29) is 24.2 Å². The lowest BCUT2D eigenvalue weighted by molar-refractivity contribution is -0.138. The Balaban J connectivity index is 0.00000272. The second-order valence-corrected chi connectivity index (χ2v) is 8.83. The Labute approximate surface area is 191 Å². The van der Waals surface area contributed by atoms with Crippen molar-refractivity contribution < 1.29 is 14.3 Å². The van der Waals surface area contributed by atoms with Gasteiger partial charge in [-0.15, -0.1) is 12.4 Å². The number of benzene rings is 1. The number of likely N-dealkylation sites (tertiary alicyclic amines) is 1. The van der Waals surface area contributed by atoms with Gasteiger partial charge in [0.15, 0.2) is 0 Å². The number of anilines is 1. The standard InChI is InChI=1S/C23H34N4O3.ClH/c1-17-5-6-21(30-2)20(14-17)26-12-10-25(11-13-26)9-3-4-18-15-19(18)24-16-27-22(28)7-8-23(27)29;/h5-6,14,18-19,24H,3-4,7-13,15-16H2,1-2H3;1H. The molecule has 2 aliphatic heterocycles. The van der Waals surface area contributed by atoms with Gasteiger partial charge in [-0.25, -0.2) is 0 Å². The molecule has 1 aliphatic carbocycles. The molecule has 7 nitrogen and oxygen atoms in total. The zero-order valence-corrected chi connectivity index (χ0v) is 19.5. The maximum atomic E-state index is 11.7. The molecule has 2 unspecified atom stereocenters. The first kappa shape index (κ1) is 23.8. The number of piperazine rings is 1. The number of ether oxygens (including phenoxy) is 1. The predicted octanol–water partition coefficient (Wildman–Crippen LogP) is 2.41.